The van der Waals surface area contributed by atoms with Crippen LogP contribution < -0.4 is 5.43 Å². The topological polar surface area (TPSA) is 82.0 Å². The number of hydrazone groups is 1. The molecular weight excluding hydrogens is 210 g/mol. The standard InChI is InChI=1S/C10H17N3O3/c1-7(2)13(5-6-14)10(16)8-3-4-9(15)12-11-8/h7,14H,3-6H2,1-2H3,(H,12,15). The lowest BCUT2D eigenvalue weighted by Gasteiger charge is -2.27. The number of nitrogens with one attached hydrogen (secondary N) is 1. The van der Waals surface area contributed by atoms with Gasteiger partial charge >= 0.3 is 0 Å². The van der Waals surface area contributed by atoms with E-state index in [2.05, 4.69) is 10.5 Å². The van der Waals surface area contributed by atoms with Crippen LogP contribution in [0.3, 0.4) is 0 Å². The van der Waals surface area contributed by atoms with E-state index in [4.69, 9.17) is 5.11 Å². The third-order valence-corrected chi connectivity index (χ3v) is 2.38. The molecule has 2 amide bonds. The van der Waals surface area contributed by atoms with Gasteiger partial charge in [0.05, 0.1) is 6.61 Å². The molecule has 16 heavy (non-hydrogen) atoms. The fourth-order valence-electron chi connectivity index (χ4n) is 1.50. The molecule has 1 rings (SSSR count). The molecule has 6 nitrogen and oxygen atoms in total. The van der Waals surface area contributed by atoms with Gasteiger partial charge in [-0.1, -0.05) is 0 Å². The smallest absolute Gasteiger partial charge is 0.270 e. The summed E-state index contributed by atoms with van der Waals surface area (Å²) in [5, 5.41) is 12.6. The van der Waals surface area contributed by atoms with Crippen molar-refractivity contribution >= 4 is 17.5 Å². The Balaban J connectivity index is 2.71. The minimum atomic E-state index is -0.218. The van der Waals surface area contributed by atoms with Crippen LogP contribution in [-0.2, 0) is 9.59 Å². The Morgan fingerprint density at radius 3 is 2.69 bits per heavy atom. The number of amides is 2. The molecule has 0 aromatic carbocycles. The van der Waals surface area contributed by atoms with Gasteiger partial charge in [0.25, 0.3) is 5.91 Å². The summed E-state index contributed by atoms with van der Waals surface area (Å²) in [7, 11) is 0. The molecular formula is C10H17N3O3. The SMILES string of the molecule is CC(C)N(CCO)C(=O)C1=NNC(=O)CC1. The van der Waals surface area contributed by atoms with Crippen molar-refractivity contribution in [3.8, 4) is 0 Å². The highest BCUT2D eigenvalue weighted by Crippen LogP contribution is 2.06. The molecule has 1 heterocycles. The maximum atomic E-state index is 12.0. The molecule has 0 unspecified atom stereocenters. The van der Waals surface area contributed by atoms with Gasteiger partial charge in [-0.05, 0) is 13.8 Å². The first kappa shape index (κ1) is 12.6. The van der Waals surface area contributed by atoms with Crippen molar-refractivity contribution in [1.82, 2.24) is 10.3 Å². The first-order valence-corrected chi connectivity index (χ1v) is 5.33. The number of carbonyl (C=O) groups is 2. The number of aliphatic hydroxyl groups is 1. The second kappa shape index (κ2) is 5.60. The fourth-order valence-corrected chi connectivity index (χ4v) is 1.50. The van der Waals surface area contributed by atoms with Crippen LogP contribution >= 0.6 is 0 Å². The molecule has 0 atom stereocenters. The third-order valence-electron chi connectivity index (χ3n) is 2.38. The summed E-state index contributed by atoms with van der Waals surface area (Å²) >= 11 is 0. The normalized spacial score (nSPS) is 15.8. The molecule has 0 aromatic rings. The molecule has 1 aliphatic rings. The summed E-state index contributed by atoms with van der Waals surface area (Å²) in [4.78, 5) is 24.4. The largest absolute Gasteiger partial charge is 0.395 e. The molecule has 0 aliphatic carbocycles. The fraction of sp³-hybridized carbons (Fsp3) is 0.700. The zero-order chi connectivity index (χ0) is 12.1. The van der Waals surface area contributed by atoms with Gasteiger partial charge in [0.2, 0.25) is 5.91 Å². The Morgan fingerprint density at radius 2 is 2.25 bits per heavy atom. The van der Waals surface area contributed by atoms with Crippen LogP contribution in [0.1, 0.15) is 26.7 Å². The highest BCUT2D eigenvalue weighted by molar-refractivity contribution is 6.39. The van der Waals surface area contributed by atoms with Gasteiger partial charge in [-0.2, -0.15) is 5.10 Å². The highest BCUT2D eigenvalue weighted by Gasteiger charge is 2.24. The maximum absolute atomic E-state index is 12.0. The molecule has 6 heteroatoms. The van der Waals surface area contributed by atoms with E-state index in [-0.39, 0.29) is 37.4 Å². The first-order chi connectivity index (χ1) is 7.56. The first-order valence-electron chi connectivity index (χ1n) is 5.33. The summed E-state index contributed by atoms with van der Waals surface area (Å²) in [5.74, 6) is -0.390. The Morgan fingerprint density at radius 1 is 1.56 bits per heavy atom. The monoisotopic (exact) mass is 227 g/mol. The number of carbonyl (C=O) groups excluding carboxylic acids is 2. The molecule has 0 bridgehead atoms. The van der Waals surface area contributed by atoms with Crippen molar-refractivity contribution in [3.63, 3.8) is 0 Å². The minimum absolute atomic E-state index is 0.0000203. The van der Waals surface area contributed by atoms with Gasteiger partial charge in [0, 0.05) is 25.4 Å². The minimum Gasteiger partial charge on any atom is -0.395 e. The van der Waals surface area contributed by atoms with Crippen LogP contribution in [0.25, 0.3) is 0 Å². The van der Waals surface area contributed by atoms with Crippen LogP contribution in [0.5, 0.6) is 0 Å². The molecule has 0 saturated heterocycles. The number of aliphatic hydroxyl groups excluding tert-OH is 1. The molecule has 0 radical (unpaired) electrons. The third kappa shape index (κ3) is 3.03. The van der Waals surface area contributed by atoms with E-state index in [0.29, 0.717) is 12.1 Å². The number of hydrogen-bond acceptors (Lipinski definition) is 4. The van der Waals surface area contributed by atoms with Crippen LogP contribution in [0.15, 0.2) is 5.10 Å². The van der Waals surface area contributed by atoms with Crippen molar-refractivity contribution in [3.05, 3.63) is 0 Å². The molecule has 90 valence electrons. The van der Waals surface area contributed by atoms with E-state index < -0.39 is 0 Å². The van der Waals surface area contributed by atoms with Crippen LogP contribution in [0.4, 0.5) is 0 Å². The van der Waals surface area contributed by atoms with Gasteiger partial charge in [0.15, 0.2) is 0 Å². The molecule has 0 fully saturated rings. The summed E-state index contributed by atoms with van der Waals surface area (Å²) in [6.07, 6.45) is 0.648. The van der Waals surface area contributed by atoms with Gasteiger partial charge in [-0.15, -0.1) is 0 Å². The van der Waals surface area contributed by atoms with E-state index in [1.807, 2.05) is 13.8 Å². The number of hydrogen-bond donors (Lipinski definition) is 2. The van der Waals surface area contributed by atoms with Crippen molar-refractivity contribution in [1.29, 1.82) is 0 Å². The average molecular weight is 227 g/mol. The van der Waals surface area contributed by atoms with E-state index in [0.717, 1.165) is 0 Å². The maximum Gasteiger partial charge on any atom is 0.270 e. The lowest BCUT2D eigenvalue weighted by atomic mass is 10.1. The number of nitrogens with zero attached hydrogens (tertiary/aromatic N) is 2. The number of rotatable bonds is 4. The van der Waals surface area contributed by atoms with Crippen LogP contribution in [0, 0.1) is 0 Å². The predicted octanol–water partition coefficient (Wildman–Crippen LogP) is -0.518. The van der Waals surface area contributed by atoms with E-state index >= 15 is 0 Å². The zero-order valence-corrected chi connectivity index (χ0v) is 9.56. The highest BCUT2D eigenvalue weighted by atomic mass is 16.3. The quantitative estimate of drug-likeness (QED) is 0.678. The van der Waals surface area contributed by atoms with Crippen molar-refractivity contribution in [2.45, 2.75) is 32.7 Å². The van der Waals surface area contributed by atoms with E-state index in [1.54, 1.807) is 0 Å². The van der Waals surface area contributed by atoms with Crippen LogP contribution in [-0.4, -0.2) is 46.7 Å². The van der Waals surface area contributed by atoms with Gasteiger partial charge in [0.1, 0.15) is 5.71 Å². The molecule has 1 aliphatic heterocycles. The second-order valence-corrected chi connectivity index (χ2v) is 3.91. The zero-order valence-electron chi connectivity index (χ0n) is 9.56. The Bertz CT molecular complexity index is 312. The lowest BCUT2D eigenvalue weighted by molar-refractivity contribution is -0.126. The summed E-state index contributed by atoms with van der Waals surface area (Å²) < 4.78 is 0. The molecule has 0 aromatic heterocycles. The Labute approximate surface area is 94.3 Å². The van der Waals surface area contributed by atoms with Gasteiger partial charge < -0.3 is 10.0 Å². The van der Waals surface area contributed by atoms with Crippen molar-refractivity contribution < 1.29 is 14.7 Å². The van der Waals surface area contributed by atoms with Gasteiger partial charge in [-0.3, -0.25) is 9.59 Å². The van der Waals surface area contributed by atoms with E-state index in [1.165, 1.54) is 4.90 Å². The molecule has 0 saturated carbocycles. The van der Waals surface area contributed by atoms with Crippen LogP contribution in [0.2, 0.25) is 0 Å². The van der Waals surface area contributed by atoms with E-state index in [9.17, 15) is 9.59 Å². The van der Waals surface area contributed by atoms with Crippen molar-refractivity contribution in [2.24, 2.45) is 5.10 Å². The Hall–Kier alpha value is -1.43. The summed E-state index contributed by atoms with van der Waals surface area (Å²) in [6.45, 7) is 3.94. The molecule has 2 N–H and O–H groups in total. The van der Waals surface area contributed by atoms with Gasteiger partial charge in [-0.25, -0.2) is 5.43 Å². The summed E-state index contributed by atoms with van der Waals surface area (Å²) in [6, 6.07) is -0.0000203. The van der Waals surface area contributed by atoms with Crippen molar-refractivity contribution in [2.75, 3.05) is 13.2 Å². The predicted molar refractivity (Wildman–Crippen MR) is 58.7 cm³/mol. The second-order valence-electron chi connectivity index (χ2n) is 3.91. The lowest BCUT2D eigenvalue weighted by Crippen LogP contribution is -2.45. The average Bonchev–Trinajstić information content (AvgIpc) is 2.25. The Kier molecular flexibility index (Phi) is 4.42. The summed E-state index contributed by atoms with van der Waals surface area (Å²) in [5.41, 5.74) is 2.64. The molecule has 0 spiro atoms.